The van der Waals surface area contributed by atoms with E-state index in [0.29, 0.717) is 5.88 Å². The van der Waals surface area contributed by atoms with Crippen molar-refractivity contribution in [2.24, 2.45) is 0 Å². The van der Waals surface area contributed by atoms with Crippen molar-refractivity contribution in [3.8, 4) is 0 Å². The predicted molar refractivity (Wildman–Crippen MR) is 56.7 cm³/mol. The average molecular weight is 249 g/mol. The lowest BCUT2D eigenvalue weighted by Crippen LogP contribution is -2.17. The lowest BCUT2D eigenvalue weighted by Gasteiger charge is -2.12. The summed E-state index contributed by atoms with van der Waals surface area (Å²) in [6, 6.07) is 8.42. The minimum absolute atomic E-state index is 0.250. The molecule has 0 aromatic heterocycles. The standard InChI is InChI=1S/C9H11BrClN/c1-12-9(6-11)7-2-4-8(10)5-3-7/h2-5,9,12H,6H2,1H3. The molecule has 3 heteroatoms. The van der Waals surface area contributed by atoms with Crippen molar-refractivity contribution in [3.63, 3.8) is 0 Å². The Hall–Kier alpha value is -0.0500. The first-order valence-electron chi connectivity index (χ1n) is 3.76. The first-order valence-corrected chi connectivity index (χ1v) is 5.09. The zero-order chi connectivity index (χ0) is 8.97. The van der Waals surface area contributed by atoms with Crippen molar-refractivity contribution in [3.05, 3.63) is 34.3 Å². The number of hydrogen-bond acceptors (Lipinski definition) is 1. The Balaban J connectivity index is 2.80. The van der Waals surface area contributed by atoms with E-state index in [4.69, 9.17) is 11.6 Å². The van der Waals surface area contributed by atoms with E-state index < -0.39 is 0 Å². The molecular formula is C9H11BrClN. The first kappa shape index (κ1) is 10.0. The predicted octanol–water partition coefficient (Wildman–Crippen LogP) is 2.95. The van der Waals surface area contributed by atoms with Gasteiger partial charge >= 0.3 is 0 Å². The van der Waals surface area contributed by atoms with Crippen LogP contribution in [0.2, 0.25) is 0 Å². The number of benzene rings is 1. The highest BCUT2D eigenvalue weighted by atomic mass is 79.9. The van der Waals surface area contributed by atoms with Crippen LogP contribution in [0.5, 0.6) is 0 Å². The topological polar surface area (TPSA) is 12.0 Å². The van der Waals surface area contributed by atoms with Crippen LogP contribution >= 0.6 is 27.5 Å². The lowest BCUT2D eigenvalue weighted by molar-refractivity contribution is 0.658. The van der Waals surface area contributed by atoms with Gasteiger partial charge in [-0.2, -0.15) is 0 Å². The molecule has 1 aromatic rings. The first-order chi connectivity index (χ1) is 5.77. The van der Waals surface area contributed by atoms with Gasteiger partial charge in [-0.3, -0.25) is 0 Å². The second kappa shape index (κ2) is 4.85. The molecule has 0 saturated carbocycles. The van der Waals surface area contributed by atoms with Gasteiger partial charge in [0, 0.05) is 16.4 Å². The van der Waals surface area contributed by atoms with Crippen LogP contribution in [0.1, 0.15) is 11.6 Å². The normalized spacial score (nSPS) is 12.9. The zero-order valence-electron chi connectivity index (χ0n) is 6.85. The molecule has 1 unspecified atom stereocenters. The second-order valence-corrected chi connectivity index (χ2v) is 3.77. The van der Waals surface area contributed by atoms with Crippen LogP contribution in [-0.2, 0) is 0 Å². The molecule has 0 fully saturated rings. The molecule has 0 spiro atoms. The molecule has 0 aliphatic heterocycles. The van der Waals surface area contributed by atoms with Crippen LogP contribution in [-0.4, -0.2) is 12.9 Å². The van der Waals surface area contributed by atoms with Gasteiger partial charge in [0.2, 0.25) is 0 Å². The van der Waals surface area contributed by atoms with Crippen LogP contribution < -0.4 is 5.32 Å². The summed E-state index contributed by atoms with van der Waals surface area (Å²) in [7, 11) is 1.91. The summed E-state index contributed by atoms with van der Waals surface area (Å²) in [6.07, 6.45) is 0. The SMILES string of the molecule is CNC(CCl)c1ccc(Br)cc1. The fraction of sp³-hybridized carbons (Fsp3) is 0.333. The molecule has 0 bridgehead atoms. The van der Waals surface area contributed by atoms with Crippen molar-refractivity contribution in [1.29, 1.82) is 0 Å². The number of alkyl halides is 1. The molecule has 66 valence electrons. The molecule has 0 radical (unpaired) electrons. The van der Waals surface area contributed by atoms with Crippen molar-refractivity contribution in [2.45, 2.75) is 6.04 Å². The molecule has 1 atom stereocenters. The van der Waals surface area contributed by atoms with E-state index in [2.05, 4.69) is 33.4 Å². The molecule has 0 amide bonds. The second-order valence-electron chi connectivity index (χ2n) is 2.55. The molecule has 1 rings (SSSR count). The van der Waals surface area contributed by atoms with Crippen molar-refractivity contribution in [2.75, 3.05) is 12.9 Å². The third kappa shape index (κ3) is 2.47. The Morgan fingerprint density at radius 2 is 2.00 bits per heavy atom. The third-order valence-electron chi connectivity index (χ3n) is 1.78. The molecule has 1 nitrogen and oxygen atoms in total. The van der Waals surface area contributed by atoms with E-state index in [1.54, 1.807) is 0 Å². The molecule has 0 aliphatic carbocycles. The monoisotopic (exact) mass is 247 g/mol. The van der Waals surface area contributed by atoms with Crippen LogP contribution in [0.4, 0.5) is 0 Å². The molecule has 12 heavy (non-hydrogen) atoms. The summed E-state index contributed by atoms with van der Waals surface area (Å²) >= 11 is 9.15. The summed E-state index contributed by atoms with van der Waals surface area (Å²) in [5, 5.41) is 3.14. The highest BCUT2D eigenvalue weighted by Crippen LogP contribution is 2.17. The number of halogens is 2. The van der Waals surface area contributed by atoms with Crippen molar-refractivity contribution >= 4 is 27.5 Å². The maximum atomic E-state index is 5.77. The molecule has 0 aliphatic rings. The summed E-state index contributed by atoms with van der Waals surface area (Å²) in [5.74, 6) is 0.595. The Morgan fingerprint density at radius 1 is 1.42 bits per heavy atom. The largest absolute Gasteiger partial charge is 0.312 e. The fourth-order valence-corrected chi connectivity index (χ4v) is 1.62. The Labute approximate surface area is 86.2 Å². The fourth-order valence-electron chi connectivity index (χ4n) is 1.03. The van der Waals surface area contributed by atoms with Crippen LogP contribution in [0.25, 0.3) is 0 Å². The minimum Gasteiger partial charge on any atom is -0.312 e. The highest BCUT2D eigenvalue weighted by Gasteiger charge is 2.05. The number of hydrogen-bond donors (Lipinski definition) is 1. The number of nitrogens with one attached hydrogen (secondary N) is 1. The van der Waals surface area contributed by atoms with Gasteiger partial charge in [-0.15, -0.1) is 11.6 Å². The van der Waals surface area contributed by atoms with E-state index in [1.165, 1.54) is 5.56 Å². The van der Waals surface area contributed by atoms with Gasteiger partial charge in [0.1, 0.15) is 0 Å². The van der Waals surface area contributed by atoms with Crippen molar-refractivity contribution in [1.82, 2.24) is 5.32 Å². The van der Waals surface area contributed by atoms with Gasteiger partial charge < -0.3 is 5.32 Å². The Morgan fingerprint density at radius 3 is 2.42 bits per heavy atom. The van der Waals surface area contributed by atoms with E-state index in [9.17, 15) is 0 Å². The summed E-state index contributed by atoms with van der Waals surface area (Å²) < 4.78 is 1.09. The van der Waals surface area contributed by atoms with E-state index in [0.717, 1.165) is 4.47 Å². The molecular weight excluding hydrogens is 237 g/mol. The average Bonchev–Trinajstić information content (AvgIpc) is 2.10. The summed E-state index contributed by atoms with van der Waals surface area (Å²) in [5.41, 5.74) is 1.22. The van der Waals surface area contributed by atoms with Gasteiger partial charge in [0.15, 0.2) is 0 Å². The quantitative estimate of drug-likeness (QED) is 0.811. The molecule has 0 heterocycles. The third-order valence-corrected chi connectivity index (χ3v) is 2.61. The van der Waals surface area contributed by atoms with Crippen molar-refractivity contribution < 1.29 is 0 Å². The molecule has 1 aromatic carbocycles. The smallest absolute Gasteiger partial charge is 0.0455 e. The molecule has 1 N–H and O–H groups in total. The Kier molecular flexibility index (Phi) is 4.06. The van der Waals surface area contributed by atoms with E-state index in [1.807, 2.05) is 19.2 Å². The molecule has 0 saturated heterocycles. The van der Waals surface area contributed by atoms with Gasteiger partial charge in [0.05, 0.1) is 0 Å². The zero-order valence-corrected chi connectivity index (χ0v) is 9.19. The minimum atomic E-state index is 0.250. The summed E-state index contributed by atoms with van der Waals surface area (Å²) in [4.78, 5) is 0. The van der Waals surface area contributed by atoms with Crippen LogP contribution in [0, 0.1) is 0 Å². The van der Waals surface area contributed by atoms with Crippen LogP contribution in [0.15, 0.2) is 28.7 Å². The summed E-state index contributed by atoms with van der Waals surface area (Å²) in [6.45, 7) is 0. The van der Waals surface area contributed by atoms with E-state index in [-0.39, 0.29) is 6.04 Å². The van der Waals surface area contributed by atoms with Gasteiger partial charge in [-0.1, -0.05) is 28.1 Å². The van der Waals surface area contributed by atoms with Gasteiger partial charge in [-0.05, 0) is 24.7 Å². The van der Waals surface area contributed by atoms with Crippen LogP contribution in [0.3, 0.4) is 0 Å². The Bertz CT molecular complexity index is 231. The van der Waals surface area contributed by atoms with Gasteiger partial charge in [-0.25, -0.2) is 0 Å². The van der Waals surface area contributed by atoms with Gasteiger partial charge in [0.25, 0.3) is 0 Å². The maximum absolute atomic E-state index is 5.77. The lowest BCUT2D eigenvalue weighted by atomic mass is 10.1. The highest BCUT2D eigenvalue weighted by molar-refractivity contribution is 9.10. The van der Waals surface area contributed by atoms with E-state index >= 15 is 0 Å². The maximum Gasteiger partial charge on any atom is 0.0455 e. The number of rotatable bonds is 3.